The molecule has 1 saturated heterocycles. The maximum Gasteiger partial charge on any atom is 0.410 e. The smallest absolute Gasteiger partial charge is 0.410 e. The predicted octanol–water partition coefficient (Wildman–Crippen LogP) is 4.85. The summed E-state index contributed by atoms with van der Waals surface area (Å²) in [5, 5.41) is 0. The van der Waals surface area contributed by atoms with Crippen molar-refractivity contribution in [1.82, 2.24) is 4.90 Å². The molecule has 0 radical (unpaired) electrons. The molecule has 0 saturated carbocycles. The largest absolute Gasteiger partial charge is 0.444 e. The van der Waals surface area contributed by atoms with Crippen molar-refractivity contribution in [3.8, 4) is 0 Å². The Morgan fingerprint density at radius 2 is 1.60 bits per heavy atom. The topological polar surface area (TPSA) is 29.5 Å². The van der Waals surface area contributed by atoms with Crippen LogP contribution in [0.3, 0.4) is 0 Å². The summed E-state index contributed by atoms with van der Waals surface area (Å²) < 4.78 is 5.45. The molecule has 118 valence electrons. The van der Waals surface area contributed by atoms with Gasteiger partial charge in [-0.25, -0.2) is 4.79 Å². The van der Waals surface area contributed by atoms with Gasteiger partial charge in [-0.2, -0.15) is 0 Å². The number of carbonyl (C=O) groups is 1. The average Bonchev–Trinajstić information content (AvgIpc) is 2.24. The summed E-state index contributed by atoms with van der Waals surface area (Å²) >= 11 is 0. The summed E-state index contributed by atoms with van der Waals surface area (Å²) in [7, 11) is 0. The molecular formula is C17H33NO2. The summed E-state index contributed by atoms with van der Waals surface area (Å²) in [6, 6.07) is 0. The molecule has 0 unspecified atom stereocenters. The van der Waals surface area contributed by atoms with Crippen LogP contribution in [-0.4, -0.2) is 29.7 Å². The Balaban J connectivity index is 2.44. The molecule has 1 fully saturated rings. The molecule has 0 N–H and O–H groups in total. The van der Waals surface area contributed by atoms with Gasteiger partial charge in [0.25, 0.3) is 0 Å². The van der Waals surface area contributed by atoms with Crippen LogP contribution in [0, 0.1) is 10.8 Å². The van der Waals surface area contributed by atoms with Gasteiger partial charge in [0.1, 0.15) is 5.60 Å². The molecule has 0 aliphatic carbocycles. The van der Waals surface area contributed by atoms with Crippen LogP contribution in [-0.2, 0) is 4.74 Å². The molecule has 1 aliphatic heterocycles. The van der Waals surface area contributed by atoms with Crippen LogP contribution in [0.25, 0.3) is 0 Å². The van der Waals surface area contributed by atoms with E-state index in [4.69, 9.17) is 4.74 Å². The number of carbonyl (C=O) groups excluding carboxylic acids is 1. The van der Waals surface area contributed by atoms with Gasteiger partial charge >= 0.3 is 6.09 Å². The van der Waals surface area contributed by atoms with Crippen molar-refractivity contribution in [3.05, 3.63) is 0 Å². The SMILES string of the molecule is CC(C)(C)CCC1(C)CCN(C(=O)OC(C)(C)C)CC1. The minimum absolute atomic E-state index is 0.157. The van der Waals surface area contributed by atoms with Crippen molar-refractivity contribution < 1.29 is 9.53 Å². The highest BCUT2D eigenvalue weighted by atomic mass is 16.6. The number of hydrogen-bond donors (Lipinski definition) is 0. The van der Waals surface area contributed by atoms with E-state index < -0.39 is 5.60 Å². The lowest BCUT2D eigenvalue weighted by Gasteiger charge is -2.41. The van der Waals surface area contributed by atoms with Gasteiger partial charge in [-0.05, 0) is 57.3 Å². The Morgan fingerprint density at radius 3 is 2.00 bits per heavy atom. The lowest BCUT2D eigenvalue weighted by molar-refractivity contribution is 0.00991. The fourth-order valence-corrected chi connectivity index (χ4v) is 2.48. The highest BCUT2D eigenvalue weighted by molar-refractivity contribution is 5.68. The Morgan fingerprint density at radius 1 is 1.10 bits per heavy atom. The molecular weight excluding hydrogens is 250 g/mol. The summed E-state index contributed by atoms with van der Waals surface area (Å²) in [4.78, 5) is 13.9. The third-order valence-corrected chi connectivity index (χ3v) is 4.10. The molecule has 0 aromatic heterocycles. The zero-order valence-corrected chi connectivity index (χ0v) is 14.5. The molecule has 0 atom stereocenters. The highest BCUT2D eigenvalue weighted by Gasteiger charge is 2.34. The molecule has 1 rings (SSSR count). The number of piperidine rings is 1. The van der Waals surface area contributed by atoms with Gasteiger partial charge < -0.3 is 9.64 Å². The van der Waals surface area contributed by atoms with Crippen LogP contribution in [0.5, 0.6) is 0 Å². The van der Waals surface area contributed by atoms with Crippen LogP contribution in [0.1, 0.15) is 74.1 Å². The maximum absolute atomic E-state index is 12.0. The van der Waals surface area contributed by atoms with Crippen LogP contribution in [0.15, 0.2) is 0 Å². The molecule has 0 spiro atoms. The van der Waals surface area contributed by atoms with Gasteiger partial charge in [0.2, 0.25) is 0 Å². The maximum atomic E-state index is 12.0. The number of amides is 1. The van der Waals surface area contributed by atoms with Crippen molar-refractivity contribution in [2.24, 2.45) is 10.8 Å². The fraction of sp³-hybridized carbons (Fsp3) is 0.941. The molecule has 0 aromatic rings. The Kier molecular flexibility index (Phi) is 5.15. The minimum Gasteiger partial charge on any atom is -0.444 e. The van der Waals surface area contributed by atoms with Gasteiger partial charge in [-0.3, -0.25) is 0 Å². The number of likely N-dealkylation sites (tertiary alicyclic amines) is 1. The van der Waals surface area contributed by atoms with Crippen LogP contribution >= 0.6 is 0 Å². The second kappa shape index (κ2) is 5.95. The third kappa shape index (κ3) is 6.15. The van der Waals surface area contributed by atoms with Gasteiger partial charge in [-0.1, -0.05) is 27.7 Å². The monoisotopic (exact) mass is 283 g/mol. The zero-order valence-electron chi connectivity index (χ0n) is 14.5. The molecule has 1 amide bonds. The van der Waals surface area contributed by atoms with E-state index >= 15 is 0 Å². The minimum atomic E-state index is -0.399. The summed E-state index contributed by atoms with van der Waals surface area (Å²) in [5.41, 5.74) is 0.376. The van der Waals surface area contributed by atoms with E-state index in [0.717, 1.165) is 25.9 Å². The van der Waals surface area contributed by atoms with Crippen molar-refractivity contribution in [2.75, 3.05) is 13.1 Å². The Hall–Kier alpha value is -0.730. The second-order valence-corrected chi connectivity index (χ2v) is 8.84. The number of hydrogen-bond acceptors (Lipinski definition) is 2. The highest BCUT2D eigenvalue weighted by Crippen LogP contribution is 2.39. The van der Waals surface area contributed by atoms with E-state index in [1.807, 2.05) is 25.7 Å². The lowest BCUT2D eigenvalue weighted by Crippen LogP contribution is -2.44. The summed E-state index contributed by atoms with van der Waals surface area (Å²) in [6.45, 7) is 16.7. The normalized spacial score (nSPS) is 19.9. The fourth-order valence-electron chi connectivity index (χ4n) is 2.48. The number of rotatable bonds is 2. The molecule has 3 heteroatoms. The van der Waals surface area contributed by atoms with Gasteiger partial charge in [0.05, 0.1) is 0 Å². The first-order valence-electron chi connectivity index (χ1n) is 7.88. The predicted molar refractivity (Wildman–Crippen MR) is 83.8 cm³/mol. The standard InChI is InChI=1S/C17H33NO2/c1-15(2,3)8-9-17(7)10-12-18(13-11-17)14(19)20-16(4,5)6/h8-13H2,1-7H3. The number of nitrogens with zero attached hydrogens (tertiary/aromatic N) is 1. The van der Waals surface area contributed by atoms with E-state index in [2.05, 4.69) is 27.7 Å². The lowest BCUT2D eigenvalue weighted by atomic mass is 9.73. The molecule has 0 bridgehead atoms. The Labute approximate surface area is 125 Å². The van der Waals surface area contributed by atoms with E-state index in [0.29, 0.717) is 10.8 Å². The van der Waals surface area contributed by atoms with Gasteiger partial charge in [-0.15, -0.1) is 0 Å². The second-order valence-electron chi connectivity index (χ2n) is 8.84. The van der Waals surface area contributed by atoms with Crippen molar-refractivity contribution in [1.29, 1.82) is 0 Å². The third-order valence-electron chi connectivity index (χ3n) is 4.10. The van der Waals surface area contributed by atoms with Crippen molar-refractivity contribution >= 4 is 6.09 Å². The molecule has 0 aromatic carbocycles. The van der Waals surface area contributed by atoms with E-state index in [-0.39, 0.29) is 6.09 Å². The number of ether oxygens (including phenoxy) is 1. The first kappa shape index (κ1) is 17.3. The van der Waals surface area contributed by atoms with Crippen molar-refractivity contribution in [2.45, 2.75) is 79.8 Å². The first-order valence-corrected chi connectivity index (χ1v) is 7.88. The summed E-state index contributed by atoms with van der Waals surface area (Å²) in [6.07, 6.45) is 4.51. The quantitative estimate of drug-likeness (QED) is 0.725. The van der Waals surface area contributed by atoms with Crippen LogP contribution < -0.4 is 0 Å². The van der Waals surface area contributed by atoms with E-state index in [1.54, 1.807) is 0 Å². The first-order chi connectivity index (χ1) is 8.90. The van der Waals surface area contributed by atoms with E-state index in [9.17, 15) is 4.79 Å². The average molecular weight is 283 g/mol. The van der Waals surface area contributed by atoms with Gasteiger partial charge in [0, 0.05) is 13.1 Å². The van der Waals surface area contributed by atoms with Crippen LogP contribution in [0.4, 0.5) is 4.79 Å². The Bertz CT molecular complexity index is 328. The zero-order chi connectivity index (χ0) is 15.6. The van der Waals surface area contributed by atoms with Gasteiger partial charge in [0.15, 0.2) is 0 Å². The van der Waals surface area contributed by atoms with Crippen LogP contribution in [0.2, 0.25) is 0 Å². The molecule has 20 heavy (non-hydrogen) atoms. The molecule has 1 aliphatic rings. The molecule has 1 heterocycles. The van der Waals surface area contributed by atoms with Crippen molar-refractivity contribution in [3.63, 3.8) is 0 Å². The molecule has 3 nitrogen and oxygen atoms in total. The van der Waals surface area contributed by atoms with E-state index in [1.165, 1.54) is 12.8 Å². The summed E-state index contributed by atoms with van der Waals surface area (Å²) in [5.74, 6) is 0.